The lowest BCUT2D eigenvalue weighted by Gasteiger charge is -2.21. The van der Waals surface area contributed by atoms with Crippen LogP contribution in [0.4, 0.5) is 0 Å². The molecule has 1 heterocycles. The highest BCUT2D eigenvalue weighted by atomic mass is 16.5. The fourth-order valence-electron chi connectivity index (χ4n) is 2.27. The quantitative estimate of drug-likeness (QED) is 0.655. The van der Waals surface area contributed by atoms with Gasteiger partial charge in [0.25, 0.3) is 0 Å². The minimum absolute atomic E-state index is 0.359. The molecule has 1 fully saturated rings. The predicted molar refractivity (Wildman–Crippen MR) is 65.7 cm³/mol. The van der Waals surface area contributed by atoms with Gasteiger partial charge in [-0.05, 0) is 52.5 Å². The van der Waals surface area contributed by atoms with Crippen LogP contribution in [0.25, 0.3) is 0 Å². The van der Waals surface area contributed by atoms with E-state index in [9.17, 15) is 5.11 Å². The van der Waals surface area contributed by atoms with Gasteiger partial charge in [0, 0.05) is 13.7 Å². The summed E-state index contributed by atoms with van der Waals surface area (Å²) in [6.45, 7) is 5.93. The van der Waals surface area contributed by atoms with Gasteiger partial charge in [0.2, 0.25) is 0 Å². The van der Waals surface area contributed by atoms with Gasteiger partial charge in [-0.25, -0.2) is 0 Å². The first-order valence-corrected chi connectivity index (χ1v) is 6.30. The molecule has 1 N–H and O–H groups in total. The van der Waals surface area contributed by atoms with Crippen LogP contribution in [0, 0.1) is 0 Å². The van der Waals surface area contributed by atoms with Crippen LogP contribution in [0.15, 0.2) is 0 Å². The Morgan fingerprint density at radius 2 is 2.06 bits per heavy atom. The van der Waals surface area contributed by atoms with Crippen molar-refractivity contribution in [1.29, 1.82) is 0 Å². The maximum Gasteiger partial charge on any atom is 0.0899 e. The minimum Gasteiger partial charge on any atom is -0.389 e. The molecule has 0 bridgehead atoms. The van der Waals surface area contributed by atoms with Gasteiger partial charge in [-0.3, -0.25) is 0 Å². The van der Waals surface area contributed by atoms with Crippen molar-refractivity contribution < 1.29 is 9.84 Å². The monoisotopic (exact) mass is 230 g/mol. The number of ether oxygens (including phenoxy) is 1. The molecule has 0 spiro atoms. The van der Waals surface area contributed by atoms with Crippen molar-refractivity contribution in [2.45, 2.75) is 25.4 Å². The molecule has 0 aromatic heterocycles. The van der Waals surface area contributed by atoms with Crippen molar-refractivity contribution in [1.82, 2.24) is 9.80 Å². The molecule has 4 heteroatoms. The second kappa shape index (κ2) is 8.01. The Labute approximate surface area is 99.2 Å². The first-order valence-electron chi connectivity index (χ1n) is 6.30. The first kappa shape index (κ1) is 13.9. The Morgan fingerprint density at radius 3 is 2.69 bits per heavy atom. The second-order valence-corrected chi connectivity index (χ2v) is 4.77. The lowest BCUT2D eigenvalue weighted by atomic mass is 10.3. The third kappa shape index (κ3) is 5.80. The summed E-state index contributed by atoms with van der Waals surface area (Å²) >= 11 is 0. The highest BCUT2D eigenvalue weighted by Crippen LogP contribution is 2.07. The van der Waals surface area contributed by atoms with E-state index in [0.29, 0.717) is 13.2 Å². The molecule has 0 aromatic carbocycles. The summed E-state index contributed by atoms with van der Waals surface area (Å²) in [6, 6.07) is 0. The number of methoxy groups -OCH3 is 1. The molecule has 0 radical (unpaired) electrons. The molecular weight excluding hydrogens is 204 g/mol. The van der Waals surface area contributed by atoms with E-state index in [1.54, 1.807) is 7.11 Å². The molecule has 1 rings (SSSR count). The zero-order valence-corrected chi connectivity index (χ0v) is 10.7. The van der Waals surface area contributed by atoms with E-state index in [1.165, 1.54) is 38.9 Å². The van der Waals surface area contributed by atoms with Gasteiger partial charge in [-0.2, -0.15) is 0 Å². The Morgan fingerprint density at radius 1 is 1.38 bits per heavy atom. The van der Waals surface area contributed by atoms with Crippen LogP contribution in [0.3, 0.4) is 0 Å². The number of nitrogens with zero attached hydrogens (tertiary/aromatic N) is 2. The van der Waals surface area contributed by atoms with E-state index >= 15 is 0 Å². The zero-order valence-electron chi connectivity index (χ0n) is 10.7. The maximum absolute atomic E-state index is 9.55. The molecule has 0 amide bonds. The van der Waals surface area contributed by atoms with Crippen molar-refractivity contribution in [3.05, 3.63) is 0 Å². The van der Waals surface area contributed by atoms with Crippen LogP contribution in [0.5, 0.6) is 0 Å². The fraction of sp³-hybridized carbons (Fsp3) is 1.00. The van der Waals surface area contributed by atoms with Crippen molar-refractivity contribution in [2.24, 2.45) is 0 Å². The van der Waals surface area contributed by atoms with Crippen LogP contribution in [-0.2, 0) is 4.74 Å². The largest absolute Gasteiger partial charge is 0.389 e. The van der Waals surface area contributed by atoms with E-state index < -0.39 is 0 Å². The van der Waals surface area contributed by atoms with Crippen molar-refractivity contribution in [3.8, 4) is 0 Å². The van der Waals surface area contributed by atoms with E-state index in [1.807, 2.05) is 0 Å². The number of hydrogen-bond donors (Lipinski definition) is 1. The van der Waals surface area contributed by atoms with Crippen LogP contribution in [0.1, 0.15) is 19.3 Å². The van der Waals surface area contributed by atoms with Crippen molar-refractivity contribution in [3.63, 3.8) is 0 Å². The molecule has 0 aliphatic carbocycles. The van der Waals surface area contributed by atoms with E-state index in [4.69, 9.17) is 4.74 Å². The summed E-state index contributed by atoms with van der Waals surface area (Å²) in [5, 5.41) is 9.55. The summed E-state index contributed by atoms with van der Waals surface area (Å²) in [5.74, 6) is 0. The van der Waals surface area contributed by atoms with E-state index in [0.717, 1.165) is 6.54 Å². The molecule has 4 nitrogen and oxygen atoms in total. The zero-order chi connectivity index (χ0) is 11.8. The Hall–Kier alpha value is -0.160. The molecule has 1 aliphatic heterocycles. The van der Waals surface area contributed by atoms with E-state index in [2.05, 4.69) is 16.8 Å². The van der Waals surface area contributed by atoms with Crippen molar-refractivity contribution in [2.75, 3.05) is 53.5 Å². The van der Waals surface area contributed by atoms with Crippen LogP contribution in [-0.4, -0.2) is 74.5 Å². The van der Waals surface area contributed by atoms with Gasteiger partial charge in [0.05, 0.1) is 12.7 Å². The first-order chi connectivity index (χ1) is 7.72. The average molecular weight is 230 g/mol. The highest BCUT2D eigenvalue weighted by Gasteiger charge is 2.12. The molecule has 16 heavy (non-hydrogen) atoms. The molecule has 1 unspecified atom stereocenters. The van der Waals surface area contributed by atoms with E-state index in [-0.39, 0.29) is 6.10 Å². The minimum atomic E-state index is -0.359. The molecule has 1 saturated heterocycles. The average Bonchev–Trinajstić information content (AvgIpc) is 2.70. The van der Waals surface area contributed by atoms with Gasteiger partial charge in [0.15, 0.2) is 0 Å². The van der Waals surface area contributed by atoms with Gasteiger partial charge >= 0.3 is 0 Å². The summed E-state index contributed by atoms with van der Waals surface area (Å²) in [7, 11) is 3.68. The lowest BCUT2D eigenvalue weighted by molar-refractivity contribution is 0.0427. The van der Waals surface area contributed by atoms with Gasteiger partial charge in [0.1, 0.15) is 0 Å². The SMILES string of the molecule is COCC(O)CN(C)CCCN1CCCC1. The molecule has 96 valence electrons. The molecule has 0 saturated carbocycles. The highest BCUT2D eigenvalue weighted by molar-refractivity contribution is 4.67. The number of rotatable bonds is 8. The molecular formula is C12H26N2O2. The summed E-state index contributed by atoms with van der Waals surface area (Å²) in [6.07, 6.45) is 3.56. The number of aliphatic hydroxyl groups excluding tert-OH is 1. The van der Waals surface area contributed by atoms with Crippen LogP contribution >= 0.6 is 0 Å². The standard InChI is InChI=1S/C12H26N2O2/c1-13(10-12(15)11-16-2)6-5-9-14-7-3-4-8-14/h12,15H,3-11H2,1-2H3. The topological polar surface area (TPSA) is 35.9 Å². The van der Waals surface area contributed by atoms with Gasteiger partial charge in [-0.1, -0.05) is 0 Å². The summed E-state index contributed by atoms with van der Waals surface area (Å²) in [4.78, 5) is 4.71. The third-order valence-electron chi connectivity index (χ3n) is 3.09. The van der Waals surface area contributed by atoms with Crippen LogP contribution < -0.4 is 0 Å². The number of likely N-dealkylation sites (tertiary alicyclic amines) is 1. The number of aliphatic hydroxyl groups is 1. The molecule has 1 aliphatic rings. The Balaban J connectivity index is 1.98. The summed E-state index contributed by atoms with van der Waals surface area (Å²) in [5.41, 5.74) is 0. The molecule has 1 atom stereocenters. The smallest absolute Gasteiger partial charge is 0.0899 e. The fourth-order valence-corrected chi connectivity index (χ4v) is 2.27. The predicted octanol–water partition coefficient (Wildman–Crippen LogP) is 0.411. The second-order valence-electron chi connectivity index (χ2n) is 4.77. The van der Waals surface area contributed by atoms with Gasteiger partial charge < -0.3 is 19.6 Å². The molecule has 0 aromatic rings. The lowest BCUT2D eigenvalue weighted by Crippen LogP contribution is -2.34. The van der Waals surface area contributed by atoms with Crippen LogP contribution in [0.2, 0.25) is 0 Å². The van der Waals surface area contributed by atoms with Crippen molar-refractivity contribution >= 4 is 0 Å². The Kier molecular flexibility index (Phi) is 6.96. The van der Waals surface area contributed by atoms with Gasteiger partial charge in [-0.15, -0.1) is 0 Å². The third-order valence-corrected chi connectivity index (χ3v) is 3.09. The normalized spacial score (nSPS) is 19.5. The number of hydrogen-bond acceptors (Lipinski definition) is 4. The number of likely N-dealkylation sites (N-methyl/N-ethyl adjacent to an activating group) is 1. The summed E-state index contributed by atoms with van der Waals surface area (Å²) < 4.78 is 4.91. The Bertz CT molecular complexity index is 172. The maximum atomic E-state index is 9.55.